The maximum absolute atomic E-state index is 12.8. The maximum Gasteiger partial charge on any atom is 0.339 e. The van der Waals surface area contributed by atoms with Gasteiger partial charge in [-0.2, -0.15) is 0 Å². The monoisotopic (exact) mass is 356 g/mol. The van der Waals surface area contributed by atoms with Crippen molar-refractivity contribution in [3.05, 3.63) is 75.8 Å². The van der Waals surface area contributed by atoms with Crippen LogP contribution in [-0.4, -0.2) is 34.8 Å². The summed E-state index contributed by atoms with van der Waals surface area (Å²) < 4.78 is 5.45. The van der Waals surface area contributed by atoms with Crippen LogP contribution in [0.2, 0.25) is 0 Å². The van der Waals surface area contributed by atoms with Gasteiger partial charge in [-0.3, -0.25) is 14.9 Å². The lowest BCUT2D eigenvalue weighted by molar-refractivity contribution is -0.384. The first-order valence-electron chi connectivity index (χ1n) is 8.27. The van der Waals surface area contributed by atoms with Crippen molar-refractivity contribution in [2.24, 2.45) is 0 Å². The minimum atomic E-state index is -1.11. The van der Waals surface area contributed by atoms with E-state index < -0.39 is 17.0 Å². The Bertz CT molecular complexity index is 788. The van der Waals surface area contributed by atoms with Crippen molar-refractivity contribution in [3.63, 3.8) is 0 Å². The standard InChI is InChI=1S/C19H20N2O5/c1-3-20(4-2)18(22)17(14-9-6-5-7-10-14)26-19(23)15-11-8-12-16(13-15)21(24)25/h5-13,17H,3-4H2,1-2H3/t17-/m0/s1. The number of likely N-dealkylation sites (N-methyl/N-ethyl adjacent to an activating group) is 1. The van der Waals surface area contributed by atoms with E-state index >= 15 is 0 Å². The topological polar surface area (TPSA) is 89.8 Å². The Morgan fingerprint density at radius 3 is 2.31 bits per heavy atom. The highest BCUT2D eigenvalue weighted by molar-refractivity contribution is 5.93. The molecule has 7 heteroatoms. The van der Waals surface area contributed by atoms with Crippen LogP contribution in [0.25, 0.3) is 0 Å². The van der Waals surface area contributed by atoms with E-state index in [1.165, 1.54) is 18.2 Å². The van der Waals surface area contributed by atoms with Gasteiger partial charge in [0.25, 0.3) is 11.6 Å². The molecule has 0 bridgehead atoms. The first-order chi connectivity index (χ1) is 12.5. The molecule has 0 aromatic heterocycles. The van der Waals surface area contributed by atoms with Crippen LogP contribution in [0.3, 0.4) is 0 Å². The highest BCUT2D eigenvalue weighted by atomic mass is 16.6. The van der Waals surface area contributed by atoms with Crippen molar-refractivity contribution >= 4 is 17.6 Å². The van der Waals surface area contributed by atoms with Crippen LogP contribution in [0, 0.1) is 10.1 Å². The zero-order valence-electron chi connectivity index (χ0n) is 14.6. The number of hydrogen-bond donors (Lipinski definition) is 0. The largest absolute Gasteiger partial charge is 0.444 e. The number of amides is 1. The normalized spacial score (nSPS) is 11.5. The fourth-order valence-electron chi connectivity index (χ4n) is 2.51. The highest BCUT2D eigenvalue weighted by Crippen LogP contribution is 2.23. The van der Waals surface area contributed by atoms with E-state index in [2.05, 4.69) is 0 Å². The summed E-state index contributed by atoms with van der Waals surface area (Å²) in [5, 5.41) is 10.9. The van der Waals surface area contributed by atoms with Gasteiger partial charge in [-0.25, -0.2) is 4.79 Å². The molecule has 2 rings (SSSR count). The summed E-state index contributed by atoms with van der Waals surface area (Å²) in [7, 11) is 0. The fraction of sp³-hybridized carbons (Fsp3) is 0.263. The predicted octanol–water partition coefficient (Wildman–Crippen LogP) is 3.36. The first kappa shape index (κ1) is 19.1. The minimum Gasteiger partial charge on any atom is -0.444 e. The Balaban J connectivity index is 2.32. The van der Waals surface area contributed by atoms with Crippen molar-refractivity contribution in [2.45, 2.75) is 20.0 Å². The average molecular weight is 356 g/mol. The van der Waals surface area contributed by atoms with Crippen molar-refractivity contribution in [2.75, 3.05) is 13.1 Å². The molecule has 0 unspecified atom stereocenters. The van der Waals surface area contributed by atoms with Crippen molar-refractivity contribution in [3.8, 4) is 0 Å². The molecule has 0 radical (unpaired) electrons. The van der Waals surface area contributed by atoms with Crippen LogP contribution in [-0.2, 0) is 9.53 Å². The number of carbonyl (C=O) groups excluding carboxylic acids is 2. The van der Waals surface area contributed by atoms with E-state index in [9.17, 15) is 19.7 Å². The summed E-state index contributed by atoms with van der Waals surface area (Å²) in [6, 6.07) is 13.9. The van der Waals surface area contributed by atoms with Gasteiger partial charge >= 0.3 is 5.97 Å². The Hall–Kier alpha value is -3.22. The quantitative estimate of drug-likeness (QED) is 0.431. The number of nitro groups is 1. The molecular formula is C19H20N2O5. The smallest absolute Gasteiger partial charge is 0.339 e. The van der Waals surface area contributed by atoms with Gasteiger partial charge in [-0.1, -0.05) is 36.4 Å². The van der Waals surface area contributed by atoms with Crippen molar-refractivity contribution < 1.29 is 19.2 Å². The van der Waals surface area contributed by atoms with Gasteiger partial charge in [0.2, 0.25) is 6.10 Å². The Morgan fingerprint density at radius 2 is 1.73 bits per heavy atom. The number of benzene rings is 2. The number of carbonyl (C=O) groups is 2. The molecule has 0 heterocycles. The maximum atomic E-state index is 12.8. The Kier molecular flexibility index (Phi) is 6.43. The van der Waals surface area contributed by atoms with Crippen LogP contribution in [0.1, 0.15) is 35.9 Å². The highest BCUT2D eigenvalue weighted by Gasteiger charge is 2.29. The number of nitro benzene ring substituents is 1. The minimum absolute atomic E-state index is 0.0208. The van der Waals surface area contributed by atoms with Crippen LogP contribution in [0.15, 0.2) is 54.6 Å². The molecule has 26 heavy (non-hydrogen) atoms. The van der Waals surface area contributed by atoms with Gasteiger partial charge in [0, 0.05) is 30.8 Å². The third-order valence-corrected chi connectivity index (χ3v) is 3.92. The molecular weight excluding hydrogens is 336 g/mol. The molecule has 0 aliphatic heterocycles. The second kappa shape index (κ2) is 8.75. The van der Waals surface area contributed by atoms with Crippen LogP contribution in [0.4, 0.5) is 5.69 Å². The summed E-state index contributed by atoms with van der Waals surface area (Å²) in [4.78, 5) is 37.1. The van der Waals surface area contributed by atoms with Gasteiger partial charge in [0.05, 0.1) is 10.5 Å². The number of ether oxygens (including phenoxy) is 1. The van der Waals surface area contributed by atoms with Crippen LogP contribution >= 0.6 is 0 Å². The van der Waals surface area contributed by atoms with Gasteiger partial charge < -0.3 is 9.64 Å². The number of non-ortho nitro benzene ring substituents is 1. The summed E-state index contributed by atoms with van der Waals surface area (Å²) >= 11 is 0. The Labute approximate surface area is 151 Å². The third kappa shape index (κ3) is 4.44. The number of esters is 1. The van der Waals surface area contributed by atoms with E-state index in [4.69, 9.17) is 4.74 Å². The first-order valence-corrected chi connectivity index (χ1v) is 8.27. The summed E-state index contributed by atoms with van der Waals surface area (Å²) in [5.41, 5.74) is 0.349. The SMILES string of the molecule is CCN(CC)C(=O)[C@@H](OC(=O)c1cccc([N+](=O)[O-])c1)c1ccccc1. The van der Waals surface area contributed by atoms with Crippen molar-refractivity contribution in [1.82, 2.24) is 4.90 Å². The fourth-order valence-corrected chi connectivity index (χ4v) is 2.51. The summed E-state index contributed by atoms with van der Waals surface area (Å²) in [6.45, 7) is 4.64. The zero-order valence-corrected chi connectivity index (χ0v) is 14.6. The zero-order chi connectivity index (χ0) is 19.1. The molecule has 0 fully saturated rings. The van der Waals surface area contributed by atoms with E-state index in [1.807, 2.05) is 13.8 Å². The van der Waals surface area contributed by atoms with E-state index in [1.54, 1.807) is 35.2 Å². The molecule has 1 atom stereocenters. The molecule has 0 aliphatic rings. The summed E-state index contributed by atoms with van der Waals surface area (Å²) in [6.07, 6.45) is -1.11. The van der Waals surface area contributed by atoms with Gasteiger partial charge in [0.15, 0.2) is 0 Å². The molecule has 0 saturated heterocycles. The average Bonchev–Trinajstić information content (AvgIpc) is 2.67. The third-order valence-electron chi connectivity index (χ3n) is 3.92. The van der Waals surface area contributed by atoms with Gasteiger partial charge in [0.1, 0.15) is 0 Å². The number of hydrogen-bond acceptors (Lipinski definition) is 5. The molecule has 7 nitrogen and oxygen atoms in total. The molecule has 2 aromatic rings. The predicted molar refractivity (Wildman–Crippen MR) is 95.6 cm³/mol. The molecule has 1 amide bonds. The second-order valence-electron chi connectivity index (χ2n) is 5.51. The Morgan fingerprint density at radius 1 is 1.08 bits per heavy atom. The lowest BCUT2D eigenvalue weighted by Gasteiger charge is -2.25. The molecule has 0 aliphatic carbocycles. The lowest BCUT2D eigenvalue weighted by atomic mass is 10.1. The molecule has 0 saturated carbocycles. The molecule has 0 N–H and O–H groups in total. The number of rotatable bonds is 7. The molecule has 0 spiro atoms. The van der Waals surface area contributed by atoms with Crippen molar-refractivity contribution in [1.29, 1.82) is 0 Å². The van der Waals surface area contributed by atoms with Gasteiger partial charge in [-0.15, -0.1) is 0 Å². The van der Waals surface area contributed by atoms with E-state index in [0.717, 1.165) is 6.07 Å². The van der Waals surface area contributed by atoms with E-state index in [-0.39, 0.29) is 17.2 Å². The van der Waals surface area contributed by atoms with E-state index in [0.29, 0.717) is 18.7 Å². The van der Waals surface area contributed by atoms with Crippen LogP contribution < -0.4 is 0 Å². The molecule has 2 aromatic carbocycles. The number of nitrogens with zero attached hydrogens (tertiary/aromatic N) is 2. The van der Waals surface area contributed by atoms with Gasteiger partial charge in [-0.05, 0) is 19.9 Å². The molecule has 136 valence electrons. The lowest BCUT2D eigenvalue weighted by Crippen LogP contribution is -2.36. The second-order valence-corrected chi connectivity index (χ2v) is 5.51. The van der Waals surface area contributed by atoms with Crippen LogP contribution in [0.5, 0.6) is 0 Å². The summed E-state index contributed by atoms with van der Waals surface area (Å²) in [5.74, 6) is -1.12.